The van der Waals surface area contributed by atoms with Gasteiger partial charge in [0.2, 0.25) is 5.91 Å². The minimum absolute atomic E-state index is 0.257. The van der Waals surface area contributed by atoms with E-state index in [9.17, 15) is 4.79 Å². The molecule has 1 N–H and O–H groups in total. The van der Waals surface area contributed by atoms with Crippen LogP contribution in [0.5, 0.6) is 0 Å². The Hall–Kier alpha value is -0.710. The summed E-state index contributed by atoms with van der Waals surface area (Å²) in [5.41, 5.74) is 0.398. The minimum atomic E-state index is 0.257. The fraction of sp³-hybridized carbons (Fsp3) is 0.857. The number of piperidine rings is 1. The number of likely N-dealkylation sites (tertiary alicyclic amines) is 1. The zero-order valence-corrected chi connectivity index (χ0v) is 13.1. The number of rotatable bonds is 3. The smallest absolute Gasteiger partial charge is 0.222 e. The highest BCUT2D eigenvalue weighted by molar-refractivity contribution is 8.13. The van der Waals surface area contributed by atoms with Gasteiger partial charge in [-0.1, -0.05) is 25.6 Å². The second-order valence-electron chi connectivity index (χ2n) is 5.77. The number of aliphatic imine (C=N–C) groups is 1. The van der Waals surface area contributed by atoms with Crippen LogP contribution in [0.3, 0.4) is 0 Å². The highest BCUT2D eigenvalue weighted by atomic mass is 32.2. The lowest BCUT2D eigenvalue weighted by Gasteiger charge is -2.36. The van der Waals surface area contributed by atoms with Crippen molar-refractivity contribution in [2.24, 2.45) is 10.4 Å². The average molecular weight is 283 g/mol. The first-order chi connectivity index (χ1) is 9.08. The number of hydrogen-bond donors (Lipinski definition) is 1. The molecule has 5 heteroatoms. The van der Waals surface area contributed by atoms with Crippen LogP contribution in [-0.4, -0.2) is 47.9 Å². The maximum absolute atomic E-state index is 11.5. The van der Waals surface area contributed by atoms with Gasteiger partial charge in [0.25, 0.3) is 0 Å². The SMILES string of the molecule is CCC1(CC)CN=C(NC2CCC(=O)N(C)C2)SC1. The van der Waals surface area contributed by atoms with E-state index in [0.717, 1.165) is 30.4 Å². The molecule has 0 bridgehead atoms. The van der Waals surface area contributed by atoms with Gasteiger partial charge in [-0.25, -0.2) is 0 Å². The molecular weight excluding hydrogens is 258 g/mol. The maximum Gasteiger partial charge on any atom is 0.222 e. The lowest BCUT2D eigenvalue weighted by atomic mass is 9.84. The molecule has 1 saturated heterocycles. The quantitative estimate of drug-likeness (QED) is 0.863. The van der Waals surface area contributed by atoms with E-state index >= 15 is 0 Å². The fourth-order valence-corrected chi connectivity index (χ4v) is 3.97. The molecule has 1 atom stereocenters. The third-order valence-corrected chi connectivity index (χ3v) is 5.80. The molecule has 0 spiro atoms. The molecule has 2 heterocycles. The van der Waals surface area contributed by atoms with Gasteiger partial charge in [0, 0.05) is 38.4 Å². The van der Waals surface area contributed by atoms with Crippen LogP contribution in [0.4, 0.5) is 0 Å². The molecule has 0 aromatic rings. The third kappa shape index (κ3) is 3.44. The van der Waals surface area contributed by atoms with E-state index < -0.39 is 0 Å². The van der Waals surface area contributed by atoms with E-state index in [1.54, 1.807) is 0 Å². The van der Waals surface area contributed by atoms with E-state index in [1.165, 1.54) is 12.8 Å². The second-order valence-corrected chi connectivity index (χ2v) is 6.74. The molecule has 0 aromatic heterocycles. The van der Waals surface area contributed by atoms with Gasteiger partial charge in [-0.15, -0.1) is 0 Å². The van der Waals surface area contributed by atoms with Crippen molar-refractivity contribution >= 4 is 22.8 Å². The van der Waals surface area contributed by atoms with Crippen molar-refractivity contribution in [3.8, 4) is 0 Å². The summed E-state index contributed by atoms with van der Waals surface area (Å²) >= 11 is 1.85. The van der Waals surface area contributed by atoms with Crippen LogP contribution in [0, 0.1) is 5.41 Å². The molecule has 2 aliphatic heterocycles. The number of nitrogens with one attached hydrogen (secondary N) is 1. The molecule has 1 amide bonds. The number of nitrogens with zero attached hydrogens (tertiary/aromatic N) is 2. The molecule has 0 radical (unpaired) electrons. The van der Waals surface area contributed by atoms with Gasteiger partial charge >= 0.3 is 0 Å². The molecule has 0 saturated carbocycles. The summed E-state index contributed by atoms with van der Waals surface area (Å²) in [5.74, 6) is 1.42. The number of amidine groups is 1. The zero-order valence-electron chi connectivity index (χ0n) is 12.2. The molecule has 2 rings (SSSR count). The Morgan fingerprint density at radius 1 is 1.47 bits per heavy atom. The van der Waals surface area contributed by atoms with Crippen molar-refractivity contribution in [3.63, 3.8) is 0 Å². The molecule has 19 heavy (non-hydrogen) atoms. The van der Waals surface area contributed by atoms with Gasteiger partial charge in [-0.3, -0.25) is 9.79 Å². The van der Waals surface area contributed by atoms with Crippen LogP contribution in [-0.2, 0) is 4.79 Å². The standard InChI is InChI=1S/C14H25N3OS/c1-4-14(5-2)9-15-13(19-10-14)16-11-6-7-12(18)17(3)8-11/h11H,4-10H2,1-3H3,(H,15,16). The molecule has 4 nitrogen and oxygen atoms in total. The minimum Gasteiger partial charge on any atom is -0.360 e. The Morgan fingerprint density at radius 3 is 2.74 bits per heavy atom. The molecule has 2 aliphatic rings. The van der Waals surface area contributed by atoms with Crippen LogP contribution in [0.25, 0.3) is 0 Å². The van der Waals surface area contributed by atoms with Crippen molar-refractivity contribution in [1.29, 1.82) is 0 Å². The summed E-state index contributed by atoms with van der Waals surface area (Å²) in [5, 5.41) is 4.59. The summed E-state index contributed by atoms with van der Waals surface area (Å²) in [6.45, 7) is 6.27. The largest absolute Gasteiger partial charge is 0.360 e. The van der Waals surface area contributed by atoms with Crippen LogP contribution >= 0.6 is 11.8 Å². The van der Waals surface area contributed by atoms with Crippen LogP contribution < -0.4 is 5.32 Å². The van der Waals surface area contributed by atoms with Gasteiger partial charge in [-0.2, -0.15) is 0 Å². The van der Waals surface area contributed by atoms with E-state index in [4.69, 9.17) is 4.99 Å². The third-order valence-electron chi connectivity index (χ3n) is 4.53. The Kier molecular flexibility index (Phi) is 4.76. The van der Waals surface area contributed by atoms with Crippen molar-refractivity contribution in [3.05, 3.63) is 0 Å². The van der Waals surface area contributed by atoms with Gasteiger partial charge in [-0.05, 0) is 24.7 Å². The Morgan fingerprint density at radius 2 is 2.21 bits per heavy atom. The van der Waals surface area contributed by atoms with Crippen molar-refractivity contribution in [2.75, 3.05) is 25.9 Å². The zero-order chi connectivity index (χ0) is 13.9. The summed E-state index contributed by atoms with van der Waals surface area (Å²) in [7, 11) is 1.88. The number of amides is 1. The first kappa shape index (κ1) is 14.7. The predicted molar refractivity (Wildman–Crippen MR) is 81.6 cm³/mol. The Balaban J connectivity index is 1.88. The molecule has 1 unspecified atom stereocenters. The first-order valence-corrected chi connectivity index (χ1v) is 8.25. The maximum atomic E-state index is 11.5. The molecule has 108 valence electrons. The van der Waals surface area contributed by atoms with Gasteiger partial charge < -0.3 is 10.2 Å². The summed E-state index contributed by atoms with van der Waals surface area (Å²) < 4.78 is 0. The highest BCUT2D eigenvalue weighted by Crippen LogP contribution is 2.34. The van der Waals surface area contributed by atoms with E-state index in [2.05, 4.69) is 19.2 Å². The fourth-order valence-electron chi connectivity index (χ4n) is 2.62. The predicted octanol–water partition coefficient (Wildman–Crippen LogP) is 2.11. The molecule has 1 fully saturated rings. The summed E-state index contributed by atoms with van der Waals surface area (Å²) in [4.78, 5) is 18.0. The second kappa shape index (κ2) is 6.16. The number of hydrogen-bond acceptors (Lipinski definition) is 4. The number of carbonyl (C=O) groups is 1. The van der Waals surface area contributed by atoms with Crippen molar-refractivity contribution in [2.45, 2.75) is 45.6 Å². The first-order valence-electron chi connectivity index (χ1n) is 7.26. The number of carbonyl (C=O) groups excluding carboxylic acids is 1. The van der Waals surface area contributed by atoms with Crippen LogP contribution in [0.15, 0.2) is 4.99 Å². The normalized spacial score (nSPS) is 27.1. The van der Waals surface area contributed by atoms with Crippen LogP contribution in [0.1, 0.15) is 39.5 Å². The highest BCUT2D eigenvalue weighted by Gasteiger charge is 2.31. The van der Waals surface area contributed by atoms with Crippen molar-refractivity contribution < 1.29 is 4.79 Å². The van der Waals surface area contributed by atoms with Crippen LogP contribution in [0.2, 0.25) is 0 Å². The van der Waals surface area contributed by atoms with Crippen molar-refractivity contribution in [1.82, 2.24) is 10.2 Å². The Labute approximate surface area is 120 Å². The lowest BCUT2D eigenvalue weighted by Crippen LogP contribution is -2.49. The van der Waals surface area contributed by atoms with Gasteiger partial charge in [0.15, 0.2) is 5.17 Å². The van der Waals surface area contributed by atoms with E-state index in [-0.39, 0.29) is 5.91 Å². The lowest BCUT2D eigenvalue weighted by molar-refractivity contribution is -0.132. The Bertz CT molecular complexity index is 366. The monoisotopic (exact) mass is 283 g/mol. The number of likely N-dealkylation sites (N-methyl/N-ethyl adjacent to an activating group) is 1. The topological polar surface area (TPSA) is 44.7 Å². The molecule has 0 aliphatic carbocycles. The summed E-state index contributed by atoms with van der Waals surface area (Å²) in [6.07, 6.45) is 3.98. The van der Waals surface area contributed by atoms with Gasteiger partial charge in [0.1, 0.15) is 0 Å². The number of thioether (sulfide) groups is 1. The molecule has 0 aromatic carbocycles. The average Bonchev–Trinajstić information content (AvgIpc) is 2.44. The summed E-state index contributed by atoms with van der Waals surface area (Å²) in [6, 6.07) is 0.365. The van der Waals surface area contributed by atoms with E-state index in [0.29, 0.717) is 17.9 Å². The van der Waals surface area contributed by atoms with E-state index in [1.807, 2.05) is 23.7 Å². The van der Waals surface area contributed by atoms with Gasteiger partial charge in [0.05, 0.1) is 0 Å². The molecular formula is C14H25N3OS.